The molecule has 3 rings (SSSR count). The minimum absolute atomic E-state index is 0.324. The highest BCUT2D eigenvalue weighted by atomic mass is 16.6. The molecule has 0 aromatic heterocycles. The summed E-state index contributed by atoms with van der Waals surface area (Å²) in [4.78, 5) is 38.6. The van der Waals surface area contributed by atoms with Gasteiger partial charge >= 0.3 is 12.1 Å². The lowest BCUT2D eigenvalue weighted by atomic mass is 10.1. The summed E-state index contributed by atoms with van der Waals surface area (Å²) in [5.41, 5.74) is 0.813. The first kappa shape index (κ1) is 23.3. The zero-order valence-corrected chi connectivity index (χ0v) is 18.7. The van der Waals surface area contributed by atoms with E-state index < -0.39 is 23.7 Å². The van der Waals surface area contributed by atoms with Crippen molar-refractivity contribution in [2.75, 3.05) is 13.2 Å². The molecule has 1 saturated heterocycles. The van der Waals surface area contributed by atoms with Crippen molar-refractivity contribution in [3.05, 3.63) is 65.7 Å². The third-order valence-corrected chi connectivity index (χ3v) is 4.92. The molecular formula is C25H29NO6. The predicted octanol–water partition coefficient (Wildman–Crippen LogP) is 4.39. The molecule has 7 nitrogen and oxygen atoms in total. The highest BCUT2D eigenvalue weighted by molar-refractivity contribution is 5.98. The highest BCUT2D eigenvalue weighted by Gasteiger charge is 2.37. The van der Waals surface area contributed by atoms with Crippen LogP contribution in [-0.4, -0.2) is 47.5 Å². The number of ether oxygens (including phenoxy) is 3. The first-order valence-corrected chi connectivity index (χ1v) is 10.7. The number of nitrogens with zero attached hydrogens (tertiary/aromatic N) is 1. The minimum Gasteiger partial charge on any atom is -0.489 e. The average molecular weight is 440 g/mol. The van der Waals surface area contributed by atoms with Gasteiger partial charge in [-0.05, 0) is 63.4 Å². The second-order valence-electron chi connectivity index (χ2n) is 8.66. The van der Waals surface area contributed by atoms with Gasteiger partial charge in [-0.3, -0.25) is 9.69 Å². The second-order valence-corrected chi connectivity index (χ2v) is 8.66. The van der Waals surface area contributed by atoms with Crippen molar-refractivity contribution in [3.63, 3.8) is 0 Å². The van der Waals surface area contributed by atoms with Crippen LogP contribution >= 0.6 is 0 Å². The molecule has 1 aliphatic rings. The molecule has 0 bridgehead atoms. The smallest absolute Gasteiger partial charge is 0.411 e. The zero-order valence-electron chi connectivity index (χ0n) is 18.7. The van der Waals surface area contributed by atoms with Crippen LogP contribution in [0.3, 0.4) is 0 Å². The Morgan fingerprint density at radius 1 is 1.00 bits per heavy atom. The summed E-state index contributed by atoms with van der Waals surface area (Å²) in [6.07, 6.45) is 0.617. The Morgan fingerprint density at radius 3 is 2.34 bits per heavy atom. The molecule has 1 heterocycles. The van der Waals surface area contributed by atoms with E-state index in [0.717, 1.165) is 5.56 Å². The van der Waals surface area contributed by atoms with E-state index in [-0.39, 0.29) is 12.4 Å². The van der Waals surface area contributed by atoms with Crippen molar-refractivity contribution in [3.8, 4) is 5.75 Å². The number of hydrogen-bond donors (Lipinski definition) is 0. The van der Waals surface area contributed by atoms with Gasteiger partial charge in [-0.1, -0.05) is 30.3 Å². The molecule has 0 radical (unpaired) electrons. The van der Waals surface area contributed by atoms with Gasteiger partial charge in [0.05, 0.1) is 0 Å². The molecule has 1 amide bonds. The lowest BCUT2D eigenvalue weighted by Gasteiger charge is -2.27. The topological polar surface area (TPSA) is 82.1 Å². The summed E-state index contributed by atoms with van der Waals surface area (Å²) >= 11 is 0. The molecule has 1 atom stereocenters. The van der Waals surface area contributed by atoms with E-state index in [2.05, 4.69) is 0 Å². The maximum Gasteiger partial charge on any atom is 0.411 e. The molecular weight excluding hydrogens is 410 g/mol. The van der Waals surface area contributed by atoms with E-state index in [0.29, 0.717) is 37.3 Å². The number of carbonyl (C=O) groups excluding carboxylic acids is 3. The first-order chi connectivity index (χ1) is 15.2. The highest BCUT2D eigenvalue weighted by Crippen LogP contribution is 2.22. The van der Waals surface area contributed by atoms with Crippen LogP contribution in [0, 0.1) is 0 Å². The van der Waals surface area contributed by atoms with E-state index in [1.807, 2.05) is 30.3 Å². The summed E-state index contributed by atoms with van der Waals surface area (Å²) in [6.45, 7) is 5.77. The average Bonchev–Trinajstić information content (AvgIpc) is 3.26. The molecule has 0 spiro atoms. The number of benzene rings is 2. The summed E-state index contributed by atoms with van der Waals surface area (Å²) in [5, 5.41) is 0. The van der Waals surface area contributed by atoms with Gasteiger partial charge in [0, 0.05) is 12.1 Å². The number of esters is 1. The van der Waals surface area contributed by atoms with Crippen LogP contribution in [0.5, 0.6) is 5.75 Å². The van der Waals surface area contributed by atoms with E-state index >= 15 is 0 Å². The monoisotopic (exact) mass is 439 g/mol. The standard InChI is InChI=1S/C25H29NO6/c1-25(2,3)32-24(29)26-15-7-10-21(26)23(28)31-17-22(27)19-11-13-20(14-12-19)30-16-18-8-5-4-6-9-18/h4-6,8-9,11-14,21H,7,10,15-17H2,1-3H3. The SMILES string of the molecule is CC(C)(C)OC(=O)N1CCCC1C(=O)OCC(=O)c1ccc(OCc2ccccc2)cc1. The number of likely N-dealkylation sites (tertiary alicyclic amines) is 1. The first-order valence-electron chi connectivity index (χ1n) is 10.7. The lowest BCUT2D eigenvalue weighted by molar-refractivity contribution is -0.147. The maximum absolute atomic E-state index is 12.5. The Labute approximate surface area is 188 Å². The molecule has 0 aliphatic carbocycles. The largest absolute Gasteiger partial charge is 0.489 e. The zero-order chi connectivity index (χ0) is 23.1. The van der Waals surface area contributed by atoms with Gasteiger partial charge < -0.3 is 14.2 Å². The number of hydrogen-bond acceptors (Lipinski definition) is 6. The van der Waals surface area contributed by atoms with Gasteiger partial charge in [0.1, 0.15) is 24.0 Å². The fraction of sp³-hybridized carbons (Fsp3) is 0.400. The van der Waals surface area contributed by atoms with Gasteiger partial charge in [0.25, 0.3) is 0 Å². The molecule has 1 aliphatic heterocycles. The van der Waals surface area contributed by atoms with Crippen molar-refractivity contribution in [1.82, 2.24) is 4.90 Å². The summed E-state index contributed by atoms with van der Waals surface area (Å²) in [6, 6.07) is 15.7. The fourth-order valence-electron chi connectivity index (χ4n) is 3.34. The molecule has 0 N–H and O–H groups in total. The van der Waals surface area contributed by atoms with E-state index in [9.17, 15) is 14.4 Å². The number of Topliss-reactive ketones (excluding diaryl/α,β-unsaturated/α-hetero) is 1. The number of carbonyl (C=O) groups is 3. The summed E-state index contributed by atoms with van der Waals surface area (Å²) in [5.74, 6) is -0.277. The Morgan fingerprint density at radius 2 is 1.69 bits per heavy atom. The van der Waals surface area contributed by atoms with Gasteiger partial charge in [-0.25, -0.2) is 9.59 Å². The molecule has 7 heteroatoms. The Bertz CT molecular complexity index is 933. The van der Waals surface area contributed by atoms with Crippen LogP contribution in [0.1, 0.15) is 49.5 Å². The van der Waals surface area contributed by atoms with Crippen LogP contribution in [-0.2, 0) is 20.9 Å². The summed E-state index contributed by atoms with van der Waals surface area (Å²) < 4.78 is 16.3. The second kappa shape index (κ2) is 10.3. The maximum atomic E-state index is 12.5. The molecule has 1 fully saturated rings. The quantitative estimate of drug-likeness (QED) is 0.470. The van der Waals surface area contributed by atoms with Crippen molar-refractivity contribution in [1.29, 1.82) is 0 Å². The van der Waals surface area contributed by atoms with Crippen molar-refractivity contribution in [2.45, 2.75) is 51.9 Å². The Kier molecular flexibility index (Phi) is 7.51. The lowest BCUT2D eigenvalue weighted by Crippen LogP contribution is -2.44. The fourth-order valence-corrected chi connectivity index (χ4v) is 3.34. The van der Waals surface area contributed by atoms with Crippen LogP contribution in [0.2, 0.25) is 0 Å². The Balaban J connectivity index is 1.49. The van der Waals surface area contributed by atoms with E-state index in [1.165, 1.54) is 4.90 Å². The molecule has 2 aromatic rings. The number of amides is 1. The van der Waals surface area contributed by atoms with Crippen LogP contribution < -0.4 is 4.74 Å². The summed E-state index contributed by atoms with van der Waals surface area (Å²) in [7, 11) is 0. The normalized spacial score (nSPS) is 15.8. The third kappa shape index (κ3) is 6.57. The van der Waals surface area contributed by atoms with Gasteiger partial charge in [-0.15, -0.1) is 0 Å². The molecule has 0 saturated carbocycles. The molecule has 1 unspecified atom stereocenters. The van der Waals surface area contributed by atoms with Crippen LogP contribution in [0.25, 0.3) is 0 Å². The van der Waals surface area contributed by atoms with Crippen LogP contribution in [0.15, 0.2) is 54.6 Å². The van der Waals surface area contributed by atoms with Crippen LogP contribution in [0.4, 0.5) is 4.79 Å². The van der Waals surface area contributed by atoms with Gasteiger partial charge in [-0.2, -0.15) is 0 Å². The minimum atomic E-state index is -0.730. The molecule has 2 aromatic carbocycles. The molecule has 32 heavy (non-hydrogen) atoms. The molecule has 170 valence electrons. The number of rotatable bonds is 7. The van der Waals surface area contributed by atoms with E-state index in [1.54, 1.807) is 45.0 Å². The van der Waals surface area contributed by atoms with Crippen molar-refractivity contribution >= 4 is 17.8 Å². The van der Waals surface area contributed by atoms with E-state index in [4.69, 9.17) is 14.2 Å². The third-order valence-electron chi connectivity index (χ3n) is 4.92. The Hall–Kier alpha value is -3.35. The number of ketones is 1. The van der Waals surface area contributed by atoms with Gasteiger partial charge in [0.15, 0.2) is 12.4 Å². The van der Waals surface area contributed by atoms with Gasteiger partial charge in [0.2, 0.25) is 0 Å². The predicted molar refractivity (Wildman–Crippen MR) is 118 cm³/mol. The van der Waals surface area contributed by atoms with Crippen molar-refractivity contribution < 1.29 is 28.6 Å². The van der Waals surface area contributed by atoms with Crippen molar-refractivity contribution in [2.24, 2.45) is 0 Å².